The second-order valence-electron chi connectivity index (χ2n) is 5.74. The lowest BCUT2D eigenvalue weighted by Gasteiger charge is -2.22. The molecule has 0 unspecified atom stereocenters. The molecule has 0 aliphatic rings. The molecule has 27 heavy (non-hydrogen) atoms. The van der Waals surface area contributed by atoms with Crippen LogP contribution in [0.25, 0.3) is 0 Å². The molecule has 8 nitrogen and oxygen atoms in total. The highest BCUT2D eigenvalue weighted by Crippen LogP contribution is 2.24. The van der Waals surface area contributed by atoms with Crippen molar-refractivity contribution in [3.8, 4) is 0 Å². The molecule has 0 spiro atoms. The Kier molecular flexibility index (Phi) is 7.68. The third kappa shape index (κ3) is 6.00. The fourth-order valence-electron chi connectivity index (χ4n) is 2.38. The number of rotatable bonds is 9. The van der Waals surface area contributed by atoms with Crippen molar-refractivity contribution in [3.05, 3.63) is 50.5 Å². The van der Waals surface area contributed by atoms with E-state index in [2.05, 4.69) is 10.3 Å². The largest absolute Gasteiger partial charge is 0.329 e. The molecule has 0 saturated carbocycles. The maximum atomic E-state index is 12.9. The first-order chi connectivity index (χ1) is 12.9. The quantitative estimate of drug-likeness (QED) is 0.382. The normalized spacial score (nSPS) is 10.4. The van der Waals surface area contributed by atoms with Crippen LogP contribution in [0, 0.1) is 10.1 Å². The first-order valence-corrected chi connectivity index (χ1v) is 9.60. The van der Waals surface area contributed by atoms with Crippen LogP contribution in [0.5, 0.6) is 0 Å². The Labute approximate surface area is 165 Å². The third-order valence-corrected chi connectivity index (χ3v) is 4.73. The number of anilines is 1. The molecule has 0 bridgehead atoms. The van der Waals surface area contributed by atoms with E-state index in [4.69, 9.17) is 11.6 Å². The molecular formula is C17H19ClN4O4S. The fourth-order valence-corrected chi connectivity index (χ4v) is 3.18. The molecule has 1 heterocycles. The summed E-state index contributed by atoms with van der Waals surface area (Å²) in [6.07, 6.45) is 4.18. The summed E-state index contributed by atoms with van der Waals surface area (Å²) in [5.74, 6) is -0.812. The molecule has 0 aliphatic carbocycles. The van der Waals surface area contributed by atoms with Gasteiger partial charge in [-0.15, -0.1) is 11.3 Å². The second kappa shape index (κ2) is 9.98. The number of unbranched alkanes of at least 4 members (excludes halogenated alkanes) is 2. The molecule has 2 aromatic rings. The minimum absolute atomic E-state index is 0.0185. The van der Waals surface area contributed by atoms with Gasteiger partial charge in [0.25, 0.3) is 11.6 Å². The van der Waals surface area contributed by atoms with Gasteiger partial charge >= 0.3 is 0 Å². The fraction of sp³-hybridized carbons (Fsp3) is 0.353. The predicted octanol–water partition coefficient (Wildman–Crippen LogP) is 3.98. The first-order valence-electron chi connectivity index (χ1n) is 8.35. The van der Waals surface area contributed by atoms with Gasteiger partial charge in [0.05, 0.1) is 15.5 Å². The summed E-state index contributed by atoms with van der Waals surface area (Å²) in [4.78, 5) is 40.7. The second-order valence-corrected chi connectivity index (χ2v) is 7.04. The lowest BCUT2D eigenvalue weighted by Crippen LogP contribution is -2.38. The molecular weight excluding hydrogens is 392 g/mol. The van der Waals surface area contributed by atoms with Gasteiger partial charge in [-0.1, -0.05) is 31.4 Å². The van der Waals surface area contributed by atoms with Gasteiger partial charge in [0.15, 0.2) is 5.13 Å². The predicted molar refractivity (Wildman–Crippen MR) is 104 cm³/mol. The average Bonchev–Trinajstić information content (AvgIpc) is 3.13. The molecule has 2 amide bonds. The molecule has 0 saturated heterocycles. The molecule has 2 rings (SSSR count). The summed E-state index contributed by atoms with van der Waals surface area (Å²) < 4.78 is 0. The maximum absolute atomic E-state index is 12.9. The van der Waals surface area contributed by atoms with Crippen molar-refractivity contribution in [2.75, 3.05) is 18.4 Å². The Hall–Kier alpha value is -2.52. The van der Waals surface area contributed by atoms with Crippen molar-refractivity contribution in [2.24, 2.45) is 0 Å². The molecule has 0 radical (unpaired) electrons. The van der Waals surface area contributed by atoms with Crippen molar-refractivity contribution >= 4 is 45.6 Å². The van der Waals surface area contributed by atoms with Crippen LogP contribution in [0.3, 0.4) is 0 Å². The monoisotopic (exact) mass is 410 g/mol. The van der Waals surface area contributed by atoms with Crippen LogP contribution in [-0.2, 0) is 4.79 Å². The number of amides is 2. The molecule has 0 fully saturated rings. The van der Waals surface area contributed by atoms with Crippen molar-refractivity contribution in [3.63, 3.8) is 0 Å². The van der Waals surface area contributed by atoms with E-state index in [9.17, 15) is 19.7 Å². The summed E-state index contributed by atoms with van der Waals surface area (Å²) in [7, 11) is 0. The van der Waals surface area contributed by atoms with Crippen LogP contribution in [0.4, 0.5) is 10.8 Å². The molecule has 10 heteroatoms. The number of halogens is 1. The highest BCUT2D eigenvalue weighted by Gasteiger charge is 2.22. The molecule has 144 valence electrons. The Morgan fingerprint density at radius 2 is 2.15 bits per heavy atom. The van der Waals surface area contributed by atoms with Crippen LogP contribution >= 0.6 is 22.9 Å². The van der Waals surface area contributed by atoms with Crippen LogP contribution < -0.4 is 5.32 Å². The Bertz CT molecular complexity index is 813. The number of benzene rings is 1. The Balaban J connectivity index is 2.15. The smallest absolute Gasteiger partial charge is 0.270 e. The van der Waals surface area contributed by atoms with E-state index in [1.54, 1.807) is 11.6 Å². The summed E-state index contributed by atoms with van der Waals surface area (Å²) in [5, 5.41) is 15.6. The zero-order chi connectivity index (χ0) is 19.8. The van der Waals surface area contributed by atoms with Gasteiger partial charge < -0.3 is 10.2 Å². The van der Waals surface area contributed by atoms with Gasteiger partial charge in [0, 0.05) is 30.3 Å². The Morgan fingerprint density at radius 3 is 2.74 bits per heavy atom. The summed E-state index contributed by atoms with van der Waals surface area (Å²) in [6.45, 7) is 2.26. The molecule has 1 aromatic carbocycles. The highest BCUT2D eigenvalue weighted by atomic mass is 35.5. The number of hydrogen-bond donors (Lipinski definition) is 1. The average molecular weight is 411 g/mol. The third-order valence-electron chi connectivity index (χ3n) is 3.73. The van der Waals surface area contributed by atoms with E-state index in [-0.39, 0.29) is 28.7 Å². The number of carbonyl (C=O) groups is 2. The number of nitro benzene ring substituents is 1. The van der Waals surface area contributed by atoms with E-state index in [0.29, 0.717) is 11.7 Å². The van der Waals surface area contributed by atoms with Crippen LogP contribution in [0.15, 0.2) is 29.8 Å². The van der Waals surface area contributed by atoms with Gasteiger partial charge in [-0.2, -0.15) is 0 Å². The molecule has 1 aromatic heterocycles. The molecule has 0 aliphatic heterocycles. The maximum Gasteiger partial charge on any atom is 0.270 e. The van der Waals surface area contributed by atoms with E-state index < -0.39 is 10.8 Å². The Morgan fingerprint density at radius 1 is 1.37 bits per heavy atom. The highest BCUT2D eigenvalue weighted by molar-refractivity contribution is 7.13. The number of nitrogens with one attached hydrogen (secondary N) is 1. The number of hydrogen-bond acceptors (Lipinski definition) is 6. The van der Waals surface area contributed by atoms with Gasteiger partial charge in [-0.3, -0.25) is 19.7 Å². The number of carbonyl (C=O) groups excluding carboxylic acids is 2. The zero-order valence-electron chi connectivity index (χ0n) is 14.7. The minimum atomic E-state index is -0.583. The number of aromatic nitrogens is 1. The SMILES string of the molecule is CCCCCN(CC(=O)Nc1nccs1)C(=O)c1ccc([N+](=O)[O-])cc1Cl. The number of nitrogens with zero attached hydrogens (tertiary/aromatic N) is 3. The molecule has 1 N–H and O–H groups in total. The summed E-state index contributed by atoms with van der Waals surface area (Å²) >= 11 is 7.34. The van der Waals surface area contributed by atoms with Crippen molar-refractivity contribution in [1.29, 1.82) is 0 Å². The van der Waals surface area contributed by atoms with Crippen LogP contribution in [0.2, 0.25) is 5.02 Å². The van der Waals surface area contributed by atoms with E-state index in [1.807, 2.05) is 6.92 Å². The topological polar surface area (TPSA) is 105 Å². The standard InChI is InChI=1S/C17H19ClN4O4S/c1-2-3-4-8-21(11-15(23)20-17-19-7-9-27-17)16(24)13-6-5-12(22(25)26)10-14(13)18/h5-7,9-10H,2-4,8,11H2,1H3,(H,19,20,23). The lowest BCUT2D eigenvalue weighted by molar-refractivity contribution is -0.384. The van der Waals surface area contributed by atoms with E-state index in [0.717, 1.165) is 25.3 Å². The molecule has 0 atom stereocenters. The van der Waals surface area contributed by atoms with Crippen molar-refractivity contribution < 1.29 is 14.5 Å². The number of non-ortho nitro benzene ring substituents is 1. The zero-order valence-corrected chi connectivity index (χ0v) is 16.3. The van der Waals surface area contributed by atoms with Gasteiger partial charge in [0.2, 0.25) is 5.91 Å². The number of nitro groups is 1. The summed E-state index contributed by atoms with van der Waals surface area (Å²) in [6, 6.07) is 3.67. The van der Waals surface area contributed by atoms with E-state index >= 15 is 0 Å². The van der Waals surface area contributed by atoms with Gasteiger partial charge in [-0.05, 0) is 12.5 Å². The minimum Gasteiger partial charge on any atom is -0.329 e. The number of thiazole rings is 1. The lowest BCUT2D eigenvalue weighted by atomic mass is 10.1. The summed E-state index contributed by atoms with van der Waals surface area (Å²) in [5.41, 5.74) is -0.0728. The van der Waals surface area contributed by atoms with Crippen LogP contribution in [-0.4, -0.2) is 39.7 Å². The first kappa shape index (κ1) is 20.8. The van der Waals surface area contributed by atoms with Crippen molar-refractivity contribution in [2.45, 2.75) is 26.2 Å². The van der Waals surface area contributed by atoms with Gasteiger partial charge in [0.1, 0.15) is 6.54 Å². The van der Waals surface area contributed by atoms with Crippen LogP contribution in [0.1, 0.15) is 36.5 Å². The van der Waals surface area contributed by atoms with E-state index in [1.165, 1.54) is 28.4 Å². The van der Waals surface area contributed by atoms with Gasteiger partial charge in [-0.25, -0.2) is 4.98 Å². The van der Waals surface area contributed by atoms with Crippen molar-refractivity contribution in [1.82, 2.24) is 9.88 Å².